The number of carbonyl (C=O) groups excluding carboxylic acids is 2. The number of phosphoric ester groups is 1. The molecule has 0 saturated carbocycles. The van der Waals surface area contributed by atoms with Crippen LogP contribution >= 0.6 is 7.82 Å². The van der Waals surface area contributed by atoms with Crippen LogP contribution in [0.3, 0.4) is 0 Å². The summed E-state index contributed by atoms with van der Waals surface area (Å²) >= 11 is 0. The molecule has 0 aliphatic carbocycles. The van der Waals surface area contributed by atoms with E-state index in [9.17, 15) is 23.8 Å². The van der Waals surface area contributed by atoms with Crippen molar-refractivity contribution in [1.82, 2.24) is 0 Å². The first-order valence-electron chi connectivity index (χ1n) is 22.5. The molecule has 13 heteroatoms. The molecule has 1 saturated heterocycles. The summed E-state index contributed by atoms with van der Waals surface area (Å²) in [6.07, 6.45) is 38.4. The van der Waals surface area contributed by atoms with E-state index in [0.717, 1.165) is 64.2 Å². The average molecular weight is 830 g/mol. The van der Waals surface area contributed by atoms with Crippen LogP contribution < -0.4 is 5.73 Å². The summed E-state index contributed by atoms with van der Waals surface area (Å²) in [5, 5.41) is 8.89. The second kappa shape index (κ2) is 35.8. The van der Waals surface area contributed by atoms with Crippen molar-refractivity contribution >= 4 is 25.7 Å². The number of esters is 2. The van der Waals surface area contributed by atoms with Gasteiger partial charge in [0.25, 0.3) is 0 Å². The van der Waals surface area contributed by atoms with Gasteiger partial charge in [-0.1, -0.05) is 141 Å². The second-order valence-electron chi connectivity index (χ2n) is 15.6. The number of hydrogen-bond acceptors (Lipinski definition) is 10. The molecule has 4 N–H and O–H groups in total. The Morgan fingerprint density at radius 1 is 0.632 bits per heavy atom. The number of rotatable bonds is 41. The van der Waals surface area contributed by atoms with Gasteiger partial charge in [-0.15, -0.1) is 0 Å². The van der Waals surface area contributed by atoms with Gasteiger partial charge in [-0.3, -0.25) is 23.4 Å². The minimum absolute atomic E-state index is 0.141. The monoisotopic (exact) mass is 830 g/mol. The van der Waals surface area contributed by atoms with Crippen molar-refractivity contribution in [3.63, 3.8) is 0 Å². The fraction of sp³-hybridized carbons (Fsp3) is 0.841. The van der Waals surface area contributed by atoms with Gasteiger partial charge in [0, 0.05) is 12.8 Å². The lowest BCUT2D eigenvalue weighted by Gasteiger charge is -2.20. The highest BCUT2D eigenvalue weighted by Gasteiger charge is 2.36. The van der Waals surface area contributed by atoms with Crippen LogP contribution in [0.1, 0.15) is 194 Å². The van der Waals surface area contributed by atoms with E-state index in [1.807, 2.05) is 0 Å². The maximum Gasteiger partial charge on any atom is 0.472 e. The lowest BCUT2D eigenvalue weighted by Crippen LogP contribution is -2.34. The van der Waals surface area contributed by atoms with Gasteiger partial charge >= 0.3 is 25.7 Å². The number of hydrogen-bond donors (Lipinski definition) is 3. The highest BCUT2D eigenvalue weighted by molar-refractivity contribution is 7.47. The zero-order chi connectivity index (χ0) is 41.8. The van der Waals surface area contributed by atoms with Crippen LogP contribution in [-0.4, -0.2) is 72.1 Å². The third-order valence-corrected chi connectivity index (χ3v) is 11.0. The Hall–Kier alpha value is -2.08. The largest absolute Gasteiger partial charge is 0.480 e. The molecule has 12 nitrogen and oxygen atoms in total. The first-order chi connectivity index (χ1) is 27.6. The number of carbonyl (C=O) groups is 3. The standard InChI is InChI=1S/C44H80NO11P/c1-3-5-7-8-9-10-11-12-13-14-15-16-17-18-22-25-29-33-42(46)52-35-38(36-53-57(50,51)54-37-39(45)44(48)49)55-43(47)34-30-26-23-20-19-21-24-28-32-41-40(56-41)31-27-6-4-2/h12-13,24,28,38-41H,3-11,14-23,25-27,29-37,45H2,1-2H3,(H,48,49)(H,50,51)/b13-12-,28-24-/t38-,39+,40?,41?/m1/s1. The van der Waals surface area contributed by atoms with Crippen LogP contribution in [-0.2, 0) is 42.2 Å². The first-order valence-corrected chi connectivity index (χ1v) is 24.0. The summed E-state index contributed by atoms with van der Waals surface area (Å²) in [6, 6.07) is -1.53. The van der Waals surface area contributed by atoms with Crippen molar-refractivity contribution in [2.24, 2.45) is 5.73 Å². The summed E-state index contributed by atoms with van der Waals surface area (Å²) in [7, 11) is -4.72. The van der Waals surface area contributed by atoms with Crippen LogP contribution in [0, 0.1) is 0 Å². The fourth-order valence-corrected chi connectivity index (χ4v) is 7.20. The van der Waals surface area contributed by atoms with Gasteiger partial charge in [-0.2, -0.15) is 0 Å². The van der Waals surface area contributed by atoms with Crippen molar-refractivity contribution in [2.75, 3.05) is 19.8 Å². The zero-order valence-electron chi connectivity index (χ0n) is 35.6. The number of allylic oxidation sites excluding steroid dienone is 3. The van der Waals surface area contributed by atoms with Crippen molar-refractivity contribution in [2.45, 2.75) is 218 Å². The van der Waals surface area contributed by atoms with Gasteiger partial charge in [-0.05, 0) is 64.2 Å². The van der Waals surface area contributed by atoms with Gasteiger partial charge in [0.1, 0.15) is 12.6 Å². The predicted octanol–water partition coefficient (Wildman–Crippen LogP) is 10.8. The maximum absolute atomic E-state index is 12.6. The predicted molar refractivity (Wildman–Crippen MR) is 226 cm³/mol. The molecule has 0 aromatic rings. The Bertz CT molecular complexity index is 1130. The Labute approximate surface area is 345 Å². The van der Waals surface area contributed by atoms with Crippen LogP contribution in [0.2, 0.25) is 0 Å². The van der Waals surface area contributed by atoms with Crippen LogP contribution in [0.5, 0.6) is 0 Å². The van der Waals surface area contributed by atoms with E-state index in [4.69, 9.17) is 29.6 Å². The van der Waals surface area contributed by atoms with Crippen LogP contribution in [0.15, 0.2) is 24.3 Å². The number of phosphoric acid groups is 1. The summed E-state index contributed by atoms with van der Waals surface area (Å²) in [4.78, 5) is 46.0. The number of aliphatic carboxylic acids is 1. The van der Waals surface area contributed by atoms with E-state index in [1.165, 1.54) is 89.9 Å². The van der Waals surface area contributed by atoms with E-state index < -0.39 is 51.1 Å². The van der Waals surface area contributed by atoms with E-state index in [-0.39, 0.29) is 19.4 Å². The Balaban J connectivity index is 2.26. The van der Waals surface area contributed by atoms with Crippen molar-refractivity contribution in [1.29, 1.82) is 0 Å². The summed E-state index contributed by atoms with van der Waals surface area (Å²) < 4.78 is 38.5. The number of carboxylic acid groups (broad SMARTS) is 1. The van der Waals surface area contributed by atoms with E-state index in [0.29, 0.717) is 25.0 Å². The summed E-state index contributed by atoms with van der Waals surface area (Å²) in [5.74, 6) is -2.40. The Morgan fingerprint density at radius 2 is 1.11 bits per heavy atom. The normalized spacial score (nSPS) is 17.5. The van der Waals surface area contributed by atoms with Crippen LogP contribution in [0.25, 0.3) is 0 Å². The Kier molecular flexibility index (Phi) is 33.3. The third kappa shape index (κ3) is 33.4. The molecule has 1 rings (SSSR count). The molecule has 0 amide bonds. The molecule has 3 unspecified atom stereocenters. The minimum Gasteiger partial charge on any atom is -0.480 e. The van der Waals surface area contributed by atoms with Crippen molar-refractivity contribution in [3.05, 3.63) is 24.3 Å². The molecular weight excluding hydrogens is 749 g/mol. The SMILES string of the molecule is CCCCCCCC/C=C\CCCCCCCCCC(=O)OC[C@H](COP(=O)(O)OC[C@H](N)C(=O)O)OC(=O)CCCCCCC/C=C\CC1OC1CCCCC. The molecule has 1 aliphatic rings. The molecule has 1 heterocycles. The molecule has 0 aromatic carbocycles. The van der Waals surface area contributed by atoms with Gasteiger partial charge in [0.05, 0.1) is 25.4 Å². The molecule has 0 bridgehead atoms. The molecule has 0 radical (unpaired) electrons. The molecule has 0 spiro atoms. The van der Waals surface area contributed by atoms with E-state index in [1.54, 1.807) is 0 Å². The molecule has 0 aromatic heterocycles. The highest BCUT2D eigenvalue weighted by atomic mass is 31.2. The lowest BCUT2D eigenvalue weighted by molar-refractivity contribution is -0.161. The smallest absolute Gasteiger partial charge is 0.472 e. The maximum atomic E-state index is 12.6. The summed E-state index contributed by atoms with van der Waals surface area (Å²) in [5.41, 5.74) is 5.33. The quantitative estimate of drug-likeness (QED) is 0.0174. The van der Waals surface area contributed by atoms with E-state index in [2.05, 4.69) is 42.7 Å². The molecule has 1 aliphatic heterocycles. The number of unbranched alkanes of at least 4 members (excludes halogenated alkanes) is 20. The Morgan fingerprint density at radius 3 is 1.67 bits per heavy atom. The van der Waals surface area contributed by atoms with Gasteiger partial charge in [0.2, 0.25) is 0 Å². The molecular formula is C44H80NO11P. The number of nitrogens with two attached hydrogens (primary N) is 1. The highest BCUT2D eigenvalue weighted by Crippen LogP contribution is 2.43. The minimum atomic E-state index is -4.72. The lowest BCUT2D eigenvalue weighted by atomic mass is 10.1. The van der Waals surface area contributed by atoms with Crippen LogP contribution in [0.4, 0.5) is 0 Å². The van der Waals surface area contributed by atoms with Gasteiger partial charge in [-0.25, -0.2) is 4.57 Å². The molecule has 1 fully saturated rings. The van der Waals surface area contributed by atoms with Gasteiger partial charge in [0.15, 0.2) is 6.10 Å². The second-order valence-corrected chi connectivity index (χ2v) is 17.0. The van der Waals surface area contributed by atoms with Gasteiger partial charge < -0.3 is 29.9 Å². The van der Waals surface area contributed by atoms with Crippen molar-refractivity contribution in [3.8, 4) is 0 Å². The molecule has 332 valence electrons. The fourth-order valence-electron chi connectivity index (χ4n) is 6.42. The third-order valence-electron chi connectivity index (χ3n) is 10.1. The zero-order valence-corrected chi connectivity index (χ0v) is 36.5. The topological polar surface area (TPSA) is 184 Å². The summed E-state index contributed by atoms with van der Waals surface area (Å²) in [6.45, 7) is 2.75. The number of carboxylic acids is 1. The molecule has 57 heavy (non-hydrogen) atoms. The van der Waals surface area contributed by atoms with E-state index >= 15 is 0 Å². The molecule has 5 atom stereocenters. The number of epoxide rings is 1. The van der Waals surface area contributed by atoms with Crippen molar-refractivity contribution < 1.29 is 52.2 Å². The first kappa shape index (κ1) is 52.9. The number of ether oxygens (including phenoxy) is 3. The average Bonchev–Trinajstić information content (AvgIpc) is 3.94.